The van der Waals surface area contributed by atoms with E-state index in [1.807, 2.05) is 20.0 Å². The largest absolute Gasteiger partial charge is 0.372 e. The number of aromatic nitrogens is 2. The van der Waals surface area contributed by atoms with E-state index in [1.165, 1.54) is 24.1 Å². The first-order chi connectivity index (χ1) is 11.1. The molecule has 4 rings (SSSR count). The summed E-state index contributed by atoms with van der Waals surface area (Å²) >= 11 is 6.53. The van der Waals surface area contributed by atoms with Gasteiger partial charge >= 0.3 is 0 Å². The van der Waals surface area contributed by atoms with Crippen molar-refractivity contribution in [3.63, 3.8) is 0 Å². The normalized spacial score (nSPS) is 14.8. The number of halogens is 1. The zero-order valence-electron chi connectivity index (χ0n) is 13.5. The second-order valence-electron chi connectivity index (χ2n) is 6.34. The van der Waals surface area contributed by atoms with Crippen molar-refractivity contribution in [2.75, 3.05) is 18.0 Å². The Hall–Kier alpha value is -2.00. The molecular formula is C19H20ClN3. The second kappa shape index (κ2) is 5.57. The molecule has 0 aliphatic carbocycles. The lowest BCUT2D eigenvalue weighted by atomic mass is 10.0. The molecule has 0 amide bonds. The van der Waals surface area contributed by atoms with Gasteiger partial charge in [-0.3, -0.25) is 0 Å². The Morgan fingerprint density at radius 2 is 1.91 bits per heavy atom. The molecule has 0 radical (unpaired) electrons. The summed E-state index contributed by atoms with van der Waals surface area (Å²) in [7, 11) is 2.03. The van der Waals surface area contributed by atoms with Gasteiger partial charge in [0.25, 0.3) is 0 Å². The zero-order valence-corrected chi connectivity index (χ0v) is 14.3. The van der Waals surface area contributed by atoms with Crippen molar-refractivity contribution in [1.82, 2.24) is 9.55 Å². The first-order valence-corrected chi connectivity index (χ1v) is 8.49. The molecule has 1 aliphatic heterocycles. The molecule has 1 saturated heterocycles. The third-order valence-corrected chi connectivity index (χ3v) is 4.93. The fraction of sp³-hybridized carbons (Fsp3) is 0.316. The van der Waals surface area contributed by atoms with Crippen LogP contribution in [0.4, 0.5) is 5.69 Å². The number of aryl methyl sites for hydroxylation is 2. The van der Waals surface area contributed by atoms with Gasteiger partial charge in [0.05, 0.1) is 5.02 Å². The van der Waals surface area contributed by atoms with Gasteiger partial charge in [-0.05, 0) is 43.5 Å². The van der Waals surface area contributed by atoms with Gasteiger partial charge in [-0.15, -0.1) is 0 Å². The van der Waals surface area contributed by atoms with Gasteiger partial charge in [0.1, 0.15) is 5.65 Å². The highest BCUT2D eigenvalue weighted by atomic mass is 35.5. The van der Waals surface area contributed by atoms with E-state index in [4.69, 9.17) is 11.6 Å². The average Bonchev–Trinajstić information content (AvgIpc) is 3.16. The Labute approximate surface area is 141 Å². The predicted octanol–water partition coefficient (Wildman–Crippen LogP) is 4.80. The molecule has 23 heavy (non-hydrogen) atoms. The van der Waals surface area contributed by atoms with Crippen LogP contribution < -0.4 is 4.90 Å². The van der Waals surface area contributed by atoms with Crippen molar-refractivity contribution in [2.24, 2.45) is 7.05 Å². The molecule has 0 atom stereocenters. The summed E-state index contributed by atoms with van der Waals surface area (Å²) in [6.45, 7) is 4.28. The van der Waals surface area contributed by atoms with Crippen molar-refractivity contribution in [3.05, 3.63) is 47.2 Å². The third-order valence-electron chi connectivity index (χ3n) is 4.63. The molecule has 3 aromatic rings. The van der Waals surface area contributed by atoms with E-state index >= 15 is 0 Å². The van der Waals surface area contributed by atoms with E-state index in [0.29, 0.717) is 0 Å². The van der Waals surface area contributed by atoms with Crippen LogP contribution >= 0.6 is 11.6 Å². The van der Waals surface area contributed by atoms with E-state index < -0.39 is 0 Å². The van der Waals surface area contributed by atoms with E-state index in [1.54, 1.807) is 0 Å². The van der Waals surface area contributed by atoms with Crippen LogP contribution in [0.1, 0.15) is 18.5 Å². The third kappa shape index (κ3) is 2.49. The lowest BCUT2D eigenvalue weighted by Crippen LogP contribution is -2.17. The van der Waals surface area contributed by atoms with E-state index in [2.05, 4.69) is 44.9 Å². The van der Waals surface area contributed by atoms with E-state index in [-0.39, 0.29) is 0 Å². The number of hydrogen-bond acceptors (Lipinski definition) is 2. The molecule has 0 N–H and O–H groups in total. The standard InChI is InChI=1S/C19H20ClN3/c1-13-10-17(20)18-16(12-22(2)19(18)21-13)14-6-5-7-15(11-14)23-8-3-4-9-23/h5-7,10-12H,3-4,8-9H2,1-2H3. The smallest absolute Gasteiger partial charge is 0.142 e. The molecule has 0 unspecified atom stereocenters. The van der Waals surface area contributed by atoms with Crippen molar-refractivity contribution < 1.29 is 0 Å². The molecule has 0 bridgehead atoms. The van der Waals surface area contributed by atoms with Crippen LogP contribution in [0.3, 0.4) is 0 Å². The number of fused-ring (bicyclic) bond motifs is 1. The van der Waals surface area contributed by atoms with Gasteiger partial charge in [0.15, 0.2) is 0 Å². The van der Waals surface area contributed by atoms with Crippen LogP contribution in [0.5, 0.6) is 0 Å². The summed E-state index contributed by atoms with van der Waals surface area (Å²) in [4.78, 5) is 7.11. The summed E-state index contributed by atoms with van der Waals surface area (Å²) in [5.41, 5.74) is 5.54. The average molecular weight is 326 g/mol. The van der Waals surface area contributed by atoms with Crippen molar-refractivity contribution in [3.8, 4) is 11.1 Å². The van der Waals surface area contributed by atoms with Gasteiger partial charge in [-0.1, -0.05) is 23.7 Å². The van der Waals surface area contributed by atoms with Crippen molar-refractivity contribution >= 4 is 28.3 Å². The Morgan fingerprint density at radius 3 is 2.70 bits per heavy atom. The number of pyridine rings is 1. The van der Waals surface area contributed by atoms with E-state index in [0.717, 1.165) is 40.4 Å². The first kappa shape index (κ1) is 14.6. The maximum Gasteiger partial charge on any atom is 0.142 e. The van der Waals surface area contributed by atoms with Crippen LogP contribution in [-0.4, -0.2) is 22.6 Å². The zero-order chi connectivity index (χ0) is 16.0. The molecule has 0 spiro atoms. The van der Waals surface area contributed by atoms with Crippen LogP contribution in [0.2, 0.25) is 5.02 Å². The fourth-order valence-corrected chi connectivity index (χ4v) is 3.85. The lowest BCUT2D eigenvalue weighted by molar-refractivity contribution is 0.944. The topological polar surface area (TPSA) is 21.1 Å². The maximum absolute atomic E-state index is 6.53. The molecule has 1 fully saturated rings. The van der Waals surface area contributed by atoms with Gasteiger partial charge in [-0.25, -0.2) is 4.98 Å². The number of anilines is 1. The maximum atomic E-state index is 6.53. The minimum absolute atomic E-state index is 0.773. The van der Waals surface area contributed by atoms with Gasteiger partial charge in [0, 0.05) is 48.7 Å². The minimum Gasteiger partial charge on any atom is -0.372 e. The lowest BCUT2D eigenvalue weighted by Gasteiger charge is -2.18. The molecular weight excluding hydrogens is 306 g/mol. The van der Waals surface area contributed by atoms with Gasteiger partial charge in [-0.2, -0.15) is 0 Å². The number of hydrogen-bond donors (Lipinski definition) is 0. The molecule has 3 heterocycles. The summed E-state index contributed by atoms with van der Waals surface area (Å²) in [6.07, 6.45) is 4.70. The molecule has 2 aromatic heterocycles. The summed E-state index contributed by atoms with van der Waals surface area (Å²) in [5, 5.41) is 1.81. The molecule has 1 aromatic carbocycles. The molecule has 0 saturated carbocycles. The molecule has 4 heteroatoms. The Balaban J connectivity index is 1.88. The van der Waals surface area contributed by atoms with Crippen molar-refractivity contribution in [1.29, 1.82) is 0 Å². The van der Waals surface area contributed by atoms with Crippen molar-refractivity contribution in [2.45, 2.75) is 19.8 Å². The number of benzene rings is 1. The number of rotatable bonds is 2. The van der Waals surface area contributed by atoms with Crippen LogP contribution in [0.15, 0.2) is 36.5 Å². The predicted molar refractivity (Wildman–Crippen MR) is 97.3 cm³/mol. The SMILES string of the molecule is Cc1cc(Cl)c2c(-c3cccc(N4CCCC4)c3)cn(C)c2n1. The highest BCUT2D eigenvalue weighted by Gasteiger charge is 2.16. The summed E-state index contributed by atoms with van der Waals surface area (Å²) in [6, 6.07) is 10.7. The Kier molecular flexibility index (Phi) is 3.53. The molecule has 1 aliphatic rings. The van der Waals surface area contributed by atoms with Gasteiger partial charge in [0.2, 0.25) is 0 Å². The monoisotopic (exact) mass is 325 g/mol. The fourth-order valence-electron chi connectivity index (χ4n) is 3.51. The van der Waals surface area contributed by atoms with Crippen LogP contribution in [0.25, 0.3) is 22.2 Å². The first-order valence-electron chi connectivity index (χ1n) is 8.11. The Bertz CT molecular complexity index is 876. The summed E-state index contributed by atoms with van der Waals surface area (Å²) < 4.78 is 2.06. The van der Waals surface area contributed by atoms with Crippen LogP contribution in [0, 0.1) is 6.92 Å². The highest BCUT2D eigenvalue weighted by molar-refractivity contribution is 6.36. The highest BCUT2D eigenvalue weighted by Crippen LogP contribution is 2.36. The quantitative estimate of drug-likeness (QED) is 0.674. The van der Waals surface area contributed by atoms with E-state index in [9.17, 15) is 0 Å². The Morgan fingerprint density at radius 1 is 1.13 bits per heavy atom. The minimum atomic E-state index is 0.773. The van der Waals surface area contributed by atoms with Gasteiger partial charge < -0.3 is 9.47 Å². The number of nitrogens with zero attached hydrogens (tertiary/aromatic N) is 3. The second-order valence-corrected chi connectivity index (χ2v) is 6.75. The summed E-state index contributed by atoms with van der Waals surface area (Å²) in [5.74, 6) is 0. The molecule has 3 nitrogen and oxygen atoms in total. The molecule has 118 valence electrons. The van der Waals surface area contributed by atoms with Crippen LogP contribution in [-0.2, 0) is 7.05 Å².